The second-order valence-corrected chi connectivity index (χ2v) is 7.32. The van der Waals surface area contributed by atoms with Gasteiger partial charge in [0.05, 0.1) is 16.6 Å². The van der Waals surface area contributed by atoms with Crippen molar-refractivity contribution < 1.29 is 4.92 Å². The van der Waals surface area contributed by atoms with E-state index in [9.17, 15) is 15.4 Å². The molecule has 0 radical (unpaired) electrons. The minimum absolute atomic E-state index is 0.00683. The molecular weight excluding hydrogens is 388 g/mol. The normalized spacial score (nSPS) is 11.3. The fourth-order valence-corrected chi connectivity index (χ4v) is 3.83. The molecule has 3 aromatic rings. The standard InChI is InChI=1S/C25H26N4O2/c1-5-27(6-2)23-11-13-24(14-12-23)28-18(3)15-21(19(28)4)16-22(17-26)20-7-9-25(10-8-20)29(30)31/h7-16H,5-6H2,1-4H3/b22-16-. The molecule has 0 aliphatic rings. The van der Waals surface area contributed by atoms with Gasteiger partial charge in [-0.1, -0.05) is 0 Å². The summed E-state index contributed by atoms with van der Waals surface area (Å²) in [5.74, 6) is 0. The van der Waals surface area contributed by atoms with Crippen LogP contribution in [0, 0.1) is 35.3 Å². The van der Waals surface area contributed by atoms with Crippen molar-refractivity contribution in [3.63, 3.8) is 0 Å². The van der Waals surface area contributed by atoms with E-state index in [1.54, 1.807) is 12.1 Å². The van der Waals surface area contributed by atoms with Gasteiger partial charge in [0.1, 0.15) is 0 Å². The highest BCUT2D eigenvalue weighted by atomic mass is 16.6. The fraction of sp³-hybridized carbons (Fsp3) is 0.240. The third kappa shape index (κ3) is 4.51. The quantitative estimate of drug-likeness (QED) is 0.273. The molecular formula is C25H26N4O2. The first-order valence-corrected chi connectivity index (χ1v) is 10.3. The van der Waals surface area contributed by atoms with Crippen LogP contribution in [0.4, 0.5) is 11.4 Å². The molecule has 1 heterocycles. The summed E-state index contributed by atoms with van der Waals surface area (Å²) in [5, 5.41) is 20.5. The Balaban J connectivity index is 1.97. The van der Waals surface area contributed by atoms with Crippen LogP contribution in [-0.2, 0) is 0 Å². The van der Waals surface area contributed by atoms with Gasteiger partial charge < -0.3 is 9.47 Å². The number of benzene rings is 2. The lowest BCUT2D eigenvalue weighted by Crippen LogP contribution is -2.21. The van der Waals surface area contributed by atoms with E-state index in [4.69, 9.17) is 0 Å². The van der Waals surface area contributed by atoms with E-state index in [1.807, 2.05) is 19.9 Å². The first-order chi connectivity index (χ1) is 14.9. The van der Waals surface area contributed by atoms with Gasteiger partial charge in [0.25, 0.3) is 5.69 Å². The maximum Gasteiger partial charge on any atom is 0.269 e. The molecule has 6 nitrogen and oxygen atoms in total. The largest absolute Gasteiger partial charge is 0.372 e. The van der Waals surface area contributed by atoms with Gasteiger partial charge in [-0.25, -0.2) is 0 Å². The Labute approximate surface area is 182 Å². The highest BCUT2D eigenvalue weighted by Crippen LogP contribution is 2.27. The number of aryl methyl sites for hydroxylation is 1. The summed E-state index contributed by atoms with van der Waals surface area (Å²) in [4.78, 5) is 12.7. The van der Waals surface area contributed by atoms with Crippen molar-refractivity contribution >= 4 is 23.0 Å². The highest BCUT2D eigenvalue weighted by molar-refractivity contribution is 5.90. The minimum atomic E-state index is -0.446. The van der Waals surface area contributed by atoms with Crippen LogP contribution in [0.1, 0.15) is 36.4 Å². The van der Waals surface area contributed by atoms with Crippen molar-refractivity contribution in [2.24, 2.45) is 0 Å². The first-order valence-electron chi connectivity index (χ1n) is 10.3. The average molecular weight is 415 g/mol. The van der Waals surface area contributed by atoms with Crippen LogP contribution in [0.25, 0.3) is 17.3 Å². The Kier molecular flexibility index (Phi) is 6.56. The Morgan fingerprint density at radius 3 is 2.23 bits per heavy atom. The van der Waals surface area contributed by atoms with Crippen LogP contribution in [0.5, 0.6) is 0 Å². The molecule has 0 aliphatic heterocycles. The number of hydrogen-bond donors (Lipinski definition) is 0. The molecule has 0 saturated heterocycles. The molecule has 158 valence electrons. The number of nitro benzene ring substituents is 1. The van der Waals surface area contributed by atoms with Crippen molar-refractivity contribution in [1.82, 2.24) is 4.57 Å². The summed E-state index contributed by atoms with van der Waals surface area (Å²) in [6.07, 6.45) is 1.84. The Hall–Kier alpha value is -3.85. The van der Waals surface area contributed by atoms with Crippen molar-refractivity contribution in [3.05, 3.63) is 87.2 Å². The zero-order valence-electron chi connectivity index (χ0n) is 18.3. The monoisotopic (exact) mass is 414 g/mol. The molecule has 0 fully saturated rings. The van der Waals surface area contributed by atoms with Gasteiger partial charge in [0.2, 0.25) is 0 Å². The van der Waals surface area contributed by atoms with E-state index in [-0.39, 0.29) is 5.69 Å². The molecule has 0 N–H and O–H groups in total. The van der Waals surface area contributed by atoms with E-state index in [1.165, 1.54) is 17.8 Å². The molecule has 31 heavy (non-hydrogen) atoms. The average Bonchev–Trinajstić information content (AvgIpc) is 3.06. The molecule has 0 saturated carbocycles. The predicted octanol–water partition coefficient (Wildman–Crippen LogP) is 5.91. The third-order valence-corrected chi connectivity index (χ3v) is 5.52. The molecule has 0 amide bonds. The molecule has 6 heteroatoms. The van der Waals surface area contributed by atoms with Crippen LogP contribution in [0.2, 0.25) is 0 Å². The number of rotatable bonds is 7. The molecule has 0 atom stereocenters. The van der Waals surface area contributed by atoms with Crippen molar-refractivity contribution in [2.75, 3.05) is 18.0 Å². The Morgan fingerprint density at radius 2 is 1.71 bits per heavy atom. The van der Waals surface area contributed by atoms with E-state index in [0.29, 0.717) is 11.1 Å². The van der Waals surface area contributed by atoms with Gasteiger partial charge in [-0.05, 0) is 87.4 Å². The number of hydrogen-bond acceptors (Lipinski definition) is 4. The Morgan fingerprint density at radius 1 is 1.10 bits per heavy atom. The number of anilines is 1. The summed E-state index contributed by atoms with van der Waals surface area (Å²) >= 11 is 0. The predicted molar refractivity (Wildman–Crippen MR) is 125 cm³/mol. The minimum Gasteiger partial charge on any atom is -0.372 e. The smallest absolute Gasteiger partial charge is 0.269 e. The number of nitriles is 1. The van der Waals surface area contributed by atoms with Gasteiger partial charge >= 0.3 is 0 Å². The molecule has 2 aromatic carbocycles. The van der Waals surface area contributed by atoms with Crippen LogP contribution >= 0.6 is 0 Å². The maximum atomic E-state index is 10.9. The second-order valence-electron chi connectivity index (χ2n) is 7.32. The van der Waals surface area contributed by atoms with Crippen molar-refractivity contribution in [3.8, 4) is 11.8 Å². The zero-order valence-corrected chi connectivity index (χ0v) is 18.3. The molecule has 1 aromatic heterocycles. The van der Waals surface area contributed by atoms with Gasteiger partial charge in [0, 0.05) is 48.0 Å². The summed E-state index contributed by atoms with van der Waals surface area (Å²) in [6, 6.07) is 18.8. The molecule has 0 unspecified atom stereocenters. The fourth-order valence-electron chi connectivity index (χ4n) is 3.83. The van der Waals surface area contributed by atoms with Crippen LogP contribution in [-0.4, -0.2) is 22.6 Å². The lowest BCUT2D eigenvalue weighted by atomic mass is 10.0. The van der Waals surface area contributed by atoms with Crippen LogP contribution < -0.4 is 4.90 Å². The third-order valence-electron chi connectivity index (χ3n) is 5.52. The van der Waals surface area contributed by atoms with Crippen LogP contribution in [0.3, 0.4) is 0 Å². The lowest BCUT2D eigenvalue weighted by molar-refractivity contribution is -0.384. The first kappa shape index (κ1) is 21.8. The summed E-state index contributed by atoms with van der Waals surface area (Å²) in [5.41, 5.74) is 6.44. The van der Waals surface area contributed by atoms with E-state index in [2.05, 4.69) is 59.7 Å². The maximum absolute atomic E-state index is 10.9. The number of nitrogens with zero attached hydrogens (tertiary/aromatic N) is 4. The number of allylic oxidation sites excluding steroid dienone is 1. The number of non-ortho nitro benzene ring substituents is 1. The number of aromatic nitrogens is 1. The van der Waals surface area contributed by atoms with Gasteiger partial charge in [0.15, 0.2) is 0 Å². The number of nitro groups is 1. The summed E-state index contributed by atoms with van der Waals surface area (Å²) in [7, 11) is 0. The van der Waals surface area contributed by atoms with E-state index >= 15 is 0 Å². The summed E-state index contributed by atoms with van der Waals surface area (Å²) < 4.78 is 2.17. The zero-order chi connectivity index (χ0) is 22.5. The highest BCUT2D eigenvalue weighted by Gasteiger charge is 2.12. The Bertz CT molecular complexity index is 1150. The molecule has 0 spiro atoms. The van der Waals surface area contributed by atoms with Crippen LogP contribution in [0.15, 0.2) is 54.6 Å². The van der Waals surface area contributed by atoms with Crippen molar-refractivity contribution in [2.45, 2.75) is 27.7 Å². The topological polar surface area (TPSA) is 75.1 Å². The second kappa shape index (κ2) is 9.31. The molecule has 0 aliphatic carbocycles. The molecule has 0 bridgehead atoms. The summed E-state index contributed by atoms with van der Waals surface area (Å²) in [6.45, 7) is 10.3. The lowest BCUT2D eigenvalue weighted by Gasteiger charge is -2.21. The van der Waals surface area contributed by atoms with Gasteiger partial charge in [-0.3, -0.25) is 10.1 Å². The molecule has 3 rings (SSSR count). The van der Waals surface area contributed by atoms with Gasteiger partial charge in [-0.2, -0.15) is 5.26 Å². The van der Waals surface area contributed by atoms with E-state index in [0.717, 1.165) is 35.7 Å². The van der Waals surface area contributed by atoms with E-state index < -0.39 is 4.92 Å². The van der Waals surface area contributed by atoms with Crippen molar-refractivity contribution in [1.29, 1.82) is 5.26 Å². The SMILES string of the molecule is CCN(CC)c1ccc(-n2c(C)cc(/C=C(/C#N)c3ccc([N+](=O)[O-])cc3)c2C)cc1. The van der Waals surface area contributed by atoms with Gasteiger partial charge in [-0.15, -0.1) is 0 Å².